The Morgan fingerprint density at radius 2 is 1.62 bits per heavy atom. The van der Waals surface area contributed by atoms with Crippen LogP contribution in [0.15, 0.2) is 12.1 Å². The van der Waals surface area contributed by atoms with E-state index in [-0.39, 0.29) is 20.8 Å². The Bertz CT molecular complexity index is 591. The third-order valence-corrected chi connectivity index (χ3v) is 4.00. The van der Waals surface area contributed by atoms with Crippen molar-refractivity contribution < 1.29 is 23.8 Å². The van der Waals surface area contributed by atoms with E-state index >= 15 is 0 Å². The fraction of sp³-hybridized carbons (Fsp3) is 0.500. The van der Waals surface area contributed by atoms with E-state index in [4.69, 9.17) is 49.0 Å². The fourth-order valence-corrected chi connectivity index (χ4v) is 2.17. The highest BCUT2D eigenvalue weighted by molar-refractivity contribution is 6.43. The summed E-state index contributed by atoms with van der Waals surface area (Å²) in [6, 6.07) is 2.81. The van der Waals surface area contributed by atoms with Gasteiger partial charge in [-0.3, -0.25) is 0 Å². The van der Waals surface area contributed by atoms with Crippen LogP contribution in [-0.2, 0) is 19.1 Å². The number of benzene rings is 1. The molecule has 1 aromatic carbocycles. The summed E-state index contributed by atoms with van der Waals surface area (Å²) in [6.07, 6.45) is -0.367. The van der Waals surface area contributed by atoms with Gasteiger partial charge in [-0.15, -0.1) is 0 Å². The van der Waals surface area contributed by atoms with Crippen LogP contribution in [-0.4, -0.2) is 30.8 Å². The van der Waals surface area contributed by atoms with Gasteiger partial charge < -0.3 is 14.2 Å². The molecule has 0 aliphatic rings. The Morgan fingerprint density at radius 3 is 2.25 bits per heavy atom. The molecule has 0 aliphatic heterocycles. The van der Waals surface area contributed by atoms with Crippen LogP contribution in [0.3, 0.4) is 0 Å². The van der Waals surface area contributed by atoms with Crippen LogP contribution in [0.25, 0.3) is 0 Å². The zero-order valence-electron chi connectivity index (χ0n) is 13.6. The largest absolute Gasteiger partial charge is 0.477 e. The van der Waals surface area contributed by atoms with Gasteiger partial charge in [-0.25, -0.2) is 9.59 Å². The van der Waals surface area contributed by atoms with E-state index in [1.807, 2.05) is 6.92 Å². The minimum absolute atomic E-state index is 0.189. The number of carbonyl (C=O) groups is 2. The van der Waals surface area contributed by atoms with Gasteiger partial charge in [-0.1, -0.05) is 48.1 Å². The Kier molecular flexibility index (Phi) is 8.67. The quantitative estimate of drug-likeness (QED) is 0.362. The van der Waals surface area contributed by atoms with E-state index in [1.54, 1.807) is 0 Å². The van der Waals surface area contributed by atoms with Crippen LogP contribution < -0.4 is 4.74 Å². The number of esters is 2. The van der Waals surface area contributed by atoms with Crippen molar-refractivity contribution in [2.45, 2.75) is 45.8 Å². The molecule has 0 saturated carbocycles. The monoisotopic (exact) mass is 396 g/mol. The lowest BCUT2D eigenvalue weighted by Crippen LogP contribution is -2.33. The first kappa shape index (κ1) is 20.9. The van der Waals surface area contributed by atoms with Gasteiger partial charge in [0.1, 0.15) is 5.75 Å². The van der Waals surface area contributed by atoms with Crippen molar-refractivity contribution in [2.75, 3.05) is 6.61 Å². The first-order chi connectivity index (χ1) is 11.3. The average Bonchev–Trinajstić information content (AvgIpc) is 2.52. The van der Waals surface area contributed by atoms with Crippen molar-refractivity contribution >= 4 is 46.7 Å². The molecule has 1 rings (SSSR count). The summed E-state index contributed by atoms with van der Waals surface area (Å²) < 4.78 is 15.4. The second kappa shape index (κ2) is 9.97. The topological polar surface area (TPSA) is 61.8 Å². The van der Waals surface area contributed by atoms with Crippen LogP contribution in [0.1, 0.15) is 33.6 Å². The third kappa shape index (κ3) is 6.38. The van der Waals surface area contributed by atoms with Gasteiger partial charge >= 0.3 is 11.9 Å². The highest BCUT2D eigenvalue weighted by atomic mass is 35.5. The molecule has 0 unspecified atom stereocenters. The van der Waals surface area contributed by atoms with Gasteiger partial charge in [0.2, 0.25) is 0 Å². The number of hydrogen-bond donors (Lipinski definition) is 0. The van der Waals surface area contributed by atoms with Gasteiger partial charge in [0.05, 0.1) is 21.7 Å². The van der Waals surface area contributed by atoms with Crippen molar-refractivity contribution in [3.63, 3.8) is 0 Å². The molecule has 0 fully saturated rings. The van der Waals surface area contributed by atoms with Gasteiger partial charge in [0.25, 0.3) is 0 Å². The molecule has 8 heteroatoms. The smallest absolute Gasteiger partial charge is 0.347 e. The van der Waals surface area contributed by atoms with E-state index < -0.39 is 24.1 Å². The molecule has 2 atom stereocenters. The molecule has 5 nitrogen and oxygen atoms in total. The molecule has 24 heavy (non-hydrogen) atoms. The lowest BCUT2D eigenvalue weighted by Gasteiger charge is -2.18. The van der Waals surface area contributed by atoms with Crippen molar-refractivity contribution in [1.29, 1.82) is 0 Å². The van der Waals surface area contributed by atoms with E-state index in [0.29, 0.717) is 6.61 Å². The normalized spacial score (nSPS) is 13.1. The standard InChI is InChI=1S/C16H19Cl3O5/c1-4-5-6-22-15(20)9(2)24-16(21)10(3)23-14-8-12(18)11(17)7-13(14)19/h7-10H,4-6H2,1-3H3/t9-,10-/m0/s1. The average molecular weight is 398 g/mol. The highest BCUT2D eigenvalue weighted by Gasteiger charge is 2.25. The summed E-state index contributed by atoms with van der Waals surface area (Å²) in [5, 5.41) is 0.716. The number of hydrogen-bond acceptors (Lipinski definition) is 5. The molecule has 0 aliphatic carbocycles. The van der Waals surface area contributed by atoms with E-state index in [2.05, 4.69) is 0 Å². The summed E-state index contributed by atoms with van der Waals surface area (Å²) in [5.41, 5.74) is 0. The zero-order chi connectivity index (χ0) is 18.3. The molecule has 134 valence electrons. The Labute approximate surface area is 156 Å². The van der Waals surface area contributed by atoms with Crippen LogP contribution >= 0.6 is 34.8 Å². The maximum Gasteiger partial charge on any atom is 0.347 e. The van der Waals surface area contributed by atoms with Gasteiger partial charge in [0.15, 0.2) is 12.2 Å². The van der Waals surface area contributed by atoms with Gasteiger partial charge in [0, 0.05) is 6.07 Å². The summed E-state index contributed by atoms with van der Waals surface area (Å²) in [6.45, 7) is 5.17. The van der Waals surface area contributed by atoms with Crippen LogP contribution in [0.2, 0.25) is 15.1 Å². The van der Waals surface area contributed by atoms with Crippen molar-refractivity contribution in [1.82, 2.24) is 0 Å². The van der Waals surface area contributed by atoms with Crippen molar-refractivity contribution in [3.05, 3.63) is 27.2 Å². The number of carbonyl (C=O) groups excluding carboxylic acids is 2. The molecule has 0 heterocycles. The molecule has 0 N–H and O–H groups in total. The summed E-state index contributed by atoms with van der Waals surface area (Å²) in [7, 11) is 0. The molecule has 0 bridgehead atoms. The lowest BCUT2D eigenvalue weighted by atomic mass is 10.3. The van der Waals surface area contributed by atoms with E-state index in [0.717, 1.165) is 12.8 Å². The summed E-state index contributed by atoms with van der Waals surface area (Å²) in [5.74, 6) is -1.14. The summed E-state index contributed by atoms with van der Waals surface area (Å²) in [4.78, 5) is 23.7. The molecule has 0 radical (unpaired) electrons. The number of rotatable bonds is 8. The van der Waals surface area contributed by atoms with Gasteiger partial charge in [-0.05, 0) is 26.3 Å². The van der Waals surface area contributed by atoms with Gasteiger partial charge in [-0.2, -0.15) is 0 Å². The maximum atomic E-state index is 12.0. The highest BCUT2D eigenvalue weighted by Crippen LogP contribution is 2.34. The minimum atomic E-state index is -1.02. The number of ether oxygens (including phenoxy) is 3. The molecule has 0 amide bonds. The number of unbranched alkanes of at least 4 members (excludes halogenated alkanes) is 1. The SMILES string of the molecule is CCCCOC(=O)[C@H](C)OC(=O)[C@H](C)Oc1cc(Cl)c(Cl)cc1Cl. The molecule has 0 saturated heterocycles. The first-order valence-corrected chi connectivity index (χ1v) is 8.58. The lowest BCUT2D eigenvalue weighted by molar-refractivity contribution is -0.170. The third-order valence-electron chi connectivity index (χ3n) is 2.98. The second-order valence-electron chi connectivity index (χ2n) is 5.06. The Hall–Kier alpha value is -1.17. The molecular formula is C16H19Cl3O5. The maximum absolute atomic E-state index is 12.0. The van der Waals surface area contributed by atoms with Crippen LogP contribution in [0, 0.1) is 0 Å². The van der Waals surface area contributed by atoms with E-state index in [9.17, 15) is 9.59 Å². The molecule has 0 aromatic heterocycles. The first-order valence-electron chi connectivity index (χ1n) is 7.44. The van der Waals surface area contributed by atoms with Crippen LogP contribution in [0.4, 0.5) is 0 Å². The molecular weight excluding hydrogens is 379 g/mol. The Morgan fingerprint density at radius 1 is 1.00 bits per heavy atom. The van der Waals surface area contributed by atoms with Crippen LogP contribution in [0.5, 0.6) is 5.75 Å². The summed E-state index contributed by atoms with van der Waals surface area (Å²) >= 11 is 17.7. The predicted molar refractivity (Wildman–Crippen MR) is 93.0 cm³/mol. The second-order valence-corrected chi connectivity index (χ2v) is 6.28. The van der Waals surface area contributed by atoms with E-state index in [1.165, 1.54) is 26.0 Å². The van der Waals surface area contributed by atoms with Crippen molar-refractivity contribution in [3.8, 4) is 5.75 Å². The fourth-order valence-electron chi connectivity index (χ4n) is 1.59. The number of halogens is 3. The predicted octanol–water partition coefficient (Wildman–Crippen LogP) is 4.69. The Balaban J connectivity index is 2.59. The molecule has 1 aromatic rings. The van der Waals surface area contributed by atoms with Crippen molar-refractivity contribution in [2.24, 2.45) is 0 Å². The zero-order valence-corrected chi connectivity index (χ0v) is 15.9. The molecule has 0 spiro atoms. The minimum Gasteiger partial charge on any atom is -0.477 e.